The number of anilines is 6. The van der Waals surface area contributed by atoms with Gasteiger partial charge in [-0.3, -0.25) is 0 Å². The lowest BCUT2D eigenvalue weighted by Crippen LogP contribution is -2.61. The molecule has 0 spiro atoms. The number of hydrogen-bond donors (Lipinski definition) is 0. The van der Waals surface area contributed by atoms with E-state index in [2.05, 4.69) is 127 Å². The highest BCUT2D eigenvalue weighted by Crippen LogP contribution is 2.54. The van der Waals surface area contributed by atoms with Gasteiger partial charge in [-0.1, -0.05) is 92.7 Å². The van der Waals surface area contributed by atoms with E-state index in [1.165, 1.54) is 72.3 Å². The summed E-state index contributed by atoms with van der Waals surface area (Å²) in [7, 11) is 0. The number of rotatable bonds is 2. The highest BCUT2D eigenvalue weighted by molar-refractivity contribution is 7.01. The summed E-state index contributed by atoms with van der Waals surface area (Å²) in [6.45, 7) is 4.59. The normalized spacial score (nSPS) is 14.6. The average Bonchev–Trinajstić information content (AvgIpc) is 3.40. The van der Waals surface area contributed by atoms with Crippen molar-refractivity contribution in [2.45, 2.75) is 19.3 Å². The molecule has 0 saturated heterocycles. The monoisotopic (exact) mass is 672 g/mol. The molecule has 2 heterocycles. The predicted octanol–water partition coefficient (Wildman–Crippen LogP) is 10.7. The lowest BCUT2D eigenvalue weighted by atomic mass is 9.32. The average molecular weight is 673 g/mol. The van der Waals surface area contributed by atoms with Crippen molar-refractivity contribution < 1.29 is 8.78 Å². The second kappa shape index (κ2) is 10.4. The zero-order chi connectivity index (χ0) is 34.9. The first kappa shape index (κ1) is 29.5. The van der Waals surface area contributed by atoms with Gasteiger partial charge in [0.05, 0.1) is 0 Å². The Labute approximate surface area is 301 Å². The Morgan fingerprint density at radius 2 is 1.04 bits per heavy atom. The van der Waals surface area contributed by atoms with Crippen LogP contribution >= 0.6 is 0 Å². The Morgan fingerprint density at radius 1 is 0.481 bits per heavy atom. The van der Waals surface area contributed by atoms with Crippen LogP contribution in [0.4, 0.5) is 42.9 Å². The smallest absolute Gasteiger partial charge is 0.252 e. The van der Waals surface area contributed by atoms with Gasteiger partial charge in [0.1, 0.15) is 11.6 Å². The first-order valence-corrected chi connectivity index (χ1v) is 17.9. The van der Waals surface area contributed by atoms with Crippen LogP contribution in [0, 0.1) is 11.6 Å². The lowest BCUT2D eigenvalue weighted by molar-refractivity contribution is 0.627. The van der Waals surface area contributed by atoms with Crippen LogP contribution in [0.3, 0.4) is 0 Å². The summed E-state index contributed by atoms with van der Waals surface area (Å²) < 4.78 is 28.9. The predicted molar refractivity (Wildman–Crippen MR) is 213 cm³/mol. The summed E-state index contributed by atoms with van der Waals surface area (Å²) in [5, 5.41) is 4.88. The van der Waals surface area contributed by atoms with Crippen molar-refractivity contribution in [2.75, 3.05) is 9.80 Å². The number of fused-ring (bicyclic) bond motifs is 11. The molecule has 0 aromatic heterocycles. The number of nitrogens with zero attached hydrogens (tertiary/aromatic N) is 2. The molecule has 0 atom stereocenters. The van der Waals surface area contributed by atoms with Gasteiger partial charge in [0.25, 0.3) is 6.71 Å². The molecule has 0 unspecified atom stereocenters. The zero-order valence-electron chi connectivity index (χ0n) is 28.7. The standard InChI is InChI=1S/C47H31BF2N2/c1-47(2)38-27-43-39(26-37(38)36-24-14-28-8-3-5-10-34(28)44(36)47)48-45-35-11-6-4-9-29(35)15-25-42(45)51(32-20-16-30(49)17-21-32)40-12-7-13-41(46(40)48)52(43)33-22-18-31(50)19-23-33/h3-27H,1-2H3. The molecule has 2 aliphatic heterocycles. The topological polar surface area (TPSA) is 6.48 Å². The van der Waals surface area contributed by atoms with Crippen LogP contribution in [0.15, 0.2) is 152 Å². The molecular weight excluding hydrogens is 641 g/mol. The van der Waals surface area contributed by atoms with Crippen LogP contribution < -0.4 is 26.2 Å². The first-order valence-electron chi connectivity index (χ1n) is 17.9. The van der Waals surface area contributed by atoms with Crippen LogP contribution in [0.5, 0.6) is 0 Å². The van der Waals surface area contributed by atoms with Crippen LogP contribution in [0.1, 0.15) is 25.0 Å². The lowest BCUT2D eigenvalue weighted by Gasteiger charge is -2.44. The molecule has 8 aromatic rings. The van der Waals surface area contributed by atoms with E-state index in [0.29, 0.717) is 0 Å². The molecule has 3 aliphatic rings. The molecule has 0 amide bonds. The maximum absolute atomic E-state index is 14.5. The molecule has 0 fully saturated rings. The van der Waals surface area contributed by atoms with Crippen molar-refractivity contribution >= 4 is 78.8 Å². The second-order valence-corrected chi connectivity index (χ2v) is 14.8. The van der Waals surface area contributed by atoms with Crippen molar-refractivity contribution in [1.29, 1.82) is 0 Å². The zero-order valence-corrected chi connectivity index (χ0v) is 28.7. The van der Waals surface area contributed by atoms with Gasteiger partial charge in [-0.25, -0.2) is 8.78 Å². The van der Waals surface area contributed by atoms with Crippen LogP contribution in [-0.2, 0) is 5.41 Å². The fraction of sp³-hybridized carbons (Fsp3) is 0.0638. The molecule has 11 rings (SSSR count). The number of halogens is 2. The van der Waals surface area contributed by atoms with Crippen LogP contribution in [-0.4, -0.2) is 6.71 Å². The molecule has 52 heavy (non-hydrogen) atoms. The third-order valence-corrected chi connectivity index (χ3v) is 11.7. The van der Waals surface area contributed by atoms with E-state index in [4.69, 9.17) is 0 Å². The van der Waals surface area contributed by atoms with Crippen molar-refractivity contribution in [2.24, 2.45) is 0 Å². The second-order valence-electron chi connectivity index (χ2n) is 14.8. The highest BCUT2D eigenvalue weighted by atomic mass is 19.1. The van der Waals surface area contributed by atoms with Crippen molar-refractivity contribution in [3.63, 3.8) is 0 Å². The molecule has 5 heteroatoms. The van der Waals surface area contributed by atoms with E-state index in [-0.39, 0.29) is 23.8 Å². The molecule has 1 aliphatic carbocycles. The summed E-state index contributed by atoms with van der Waals surface area (Å²) in [5.74, 6) is -0.539. The van der Waals surface area contributed by atoms with E-state index in [1.807, 2.05) is 24.3 Å². The van der Waals surface area contributed by atoms with Gasteiger partial charge in [0.2, 0.25) is 0 Å². The van der Waals surface area contributed by atoms with Gasteiger partial charge in [0.15, 0.2) is 0 Å². The quantitative estimate of drug-likeness (QED) is 0.169. The largest absolute Gasteiger partial charge is 0.311 e. The molecule has 0 saturated carbocycles. The van der Waals surface area contributed by atoms with E-state index >= 15 is 0 Å². The van der Waals surface area contributed by atoms with Crippen LogP contribution in [0.25, 0.3) is 32.7 Å². The van der Waals surface area contributed by atoms with E-state index in [0.717, 1.165) is 34.1 Å². The van der Waals surface area contributed by atoms with E-state index in [1.54, 1.807) is 12.1 Å². The Bertz CT molecular complexity index is 2810. The van der Waals surface area contributed by atoms with Gasteiger partial charge in [-0.15, -0.1) is 0 Å². The minimum absolute atomic E-state index is 0.103. The Balaban J connectivity index is 1.28. The van der Waals surface area contributed by atoms with Crippen molar-refractivity contribution in [3.05, 3.63) is 174 Å². The minimum Gasteiger partial charge on any atom is -0.311 e. The Hall–Kier alpha value is -6.20. The molecular formula is C47H31BF2N2. The molecule has 0 radical (unpaired) electrons. The first-order chi connectivity index (χ1) is 25.4. The molecule has 0 N–H and O–H groups in total. The summed E-state index contributed by atoms with van der Waals surface area (Å²) in [6.07, 6.45) is 0. The Kier molecular flexibility index (Phi) is 5.92. The fourth-order valence-electron chi connectivity index (χ4n) is 9.53. The maximum Gasteiger partial charge on any atom is 0.252 e. The molecule has 8 aromatic carbocycles. The Morgan fingerprint density at radius 3 is 1.71 bits per heavy atom. The van der Waals surface area contributed by atoms with Gasteiger partial charge in [-0.05, 0) is 133 Å². The van der Waals surface area contributed by atoms with Gasteiger partial charge >= 0.3 is 0 Å². The number of hydrogen-bond acceptors (Lipinski definition) is 2. The molecule has 0 bridgehead atoms. The van der Waals surface area contributed by atoms with E-state index < -0.39 is 0 Å². The number of benzene rings is 8. The fourth-order valence-corrected chi connectivity index (χ4v) is 9.53. The van der Waals surface area contributed by atoms with Crippen LogP contribution in [0.2, 0.25) is 0 Å². The van der Waals surface area contributed by atoms with Crippen molar-refractivity contribution in [3.8, 4) is 11.1 Å². The molecule has 2 nitrogen and oxygen atoms in total. The van der Waals surface area contributed by atoms with Gasteiger partial charge in [-0.2, -0.15) is 0 Å². The third kappa shape index (κ3) is 3.88. The molecule has 246 valence electrons. The van der Waals surface area contributed by atoms with E-state index in [9.17, 15) is 8.78 Å². The third-order valence-electron chi connectivity index (χ3n) is 11.7. The summed E-state index contributed by atoms with van der Waals surface area (Å²) >= 11 is 0. The van der Waals surface area contributed by atoms with Gasteiger partial charge in [0, 0.05) is 39.5 Å². The minimum atomic E-state index is -0.270. The summed E-state index contributed by atoms with van der Waals surface area (Å²) in [6, 6.07) is 51.3. The SMILES string of the molecule is CC1(C)c2cc3c(cc2-c2ccc4ccccc4c21)B1c2c(cccc2N(c2ccc(F)cc2)c2ccc4ccccc4c21)N3c1ccc(F)cc1. The van der Waals surface area contributed by atoms with Gasteiger partial charge < -0.3 is 9.80 Å². The summed E-state index contributed by atoms with van der Waals surface area (Å²) in [5.41, 5.74) is 14.6. The maximum atomic E-state index is 14.5. The summed E-state index contributed by atoms with van der Waals surface area (Å²) in [4.78, 5) is 4.60. The highest BCUT2D eigenvalue weighted by Gasteiger charge is 2.46. The van der Waals surface area contributed by atoms with Crippen molar-refractivity contribution in [1.82, 2.24) is 0 Å².